The molecule has 0 saturated heterocycles. The average Bonchev–Trinajstić information content (AvgIpc) is 2.68. The molecule has 7 nitrogen and oxygen atoms in total. The van der Waals surface area contributed by atoms with Crippen LogP contribution in [0.5, 0.6) is 0 Å². The average molecular weight is 283 g/mol. The van der Waals surface area contributed by atoms with E-state index in [0.717, 1.165) is 0 Å². The Morgan fingerprint density at radius 1 is 1.45 bits per heavy atom. The van der Waals surface area contributed by atoms with Gasteiger partial charge in [0, 0.05) is 18.2 Å². The monoisotopic (exact) mass is 283 g/mol. The summed E-state index contributed by atoms with van der Waals surface area (Å²) in [6.07, 6.45) is -0.00797. The Bertz CT molecular complexity index is 476. The minimum atomic E-state index is -0.884. The SMILES string of the molecule is Cc1cc(NC(=O)CN(CCC(=O)O)C(C)(C)C)on1. The fraction of sp³-hybridized carbons (Fsp3) is 0.615. The number of hydrogen-bond donors (Lipinski definition) is 2. The fourth-order valence-corrected chi connectivity index (χ4v) is 1.66. The number of carbonyl (C=O) groups is 2. The molecule has 1 rings (SSSR count). The molecule has 0 atom stereocenters. The van der Waals surface area contributed by atoms with E-state index in [1.807, 2.05) is 20.8 Å². The number of nitrogens with zero attached hydrogens (tertiary/aromatic N) is 2. The first-order valence-corrected chi connectivity index (χ1v) is 6.38. The number of amides is 1. The highest BCUT2D eigenvalue weighted by atomic mass is 16.5. The lowest BCUT2D eigenvalue weighted by molar-refractivity contribution is -0.138. The number of aryl methyl sites for hydroxylation is 1. The van der Waals surface area contributed by atoms with Gasteiger partial charge >= 0.3 is 5.97 Å². The Labute approximate surface area is 117 Å². The number of rotatable bonds is 6. The van der Waals surface area contributed by atoms with Crippen LogP contribution in [0, 0.1) is 6.92 Å². The standard InChI is InChI=1S/C13H21N3O4/c1-9-7-11(20-15-9)14-10(17)8-16(13(2,3)4)6-5-12(18)19/h7H,5-6,8H2,1-4H3,(H,14,17)(H,18,19). The van der Waals surface area contributed by atoms with Crippen LogP contribution >= 0.6 is 0 Å². The van der Waals surface area contributed by atoms with Crippen LogP contribution in [-0.2, 0) is 9.59 Å². The largest absolute Gasteiger partial charge is 0.481 e. The van der Waals surface area contributed by atoms with Gasteiger partial charge in [0.15, 0.2) is 0 Å². The van der Waals surface area contributed by atoms with Gasteiger partial charge in [-0.3, -0.25) is 19.8 Å². The Morgan fingerprint density at radius 2 is 2.10 bits per heavy atom. The zero-order valence-electron chi connectivity index (χ0n) is 12.3. The maximum atomic E-state index is 11.9. The molecular formula is C13H21N3O4. The molecule has 0 bridgehead atoms. The van der Waals surface area contributed by atoms with Crippen molar-refractivity contribution in [1.29, 1.82) is 0 Å². The Morgan fingerprint density at radius 3 is 2.55 bits per heavy atom. The molecule has 0 radical (unpaired) electrons. The van der Waals surface area contributed by atoms with Gasteiger partial charge in [-0.15, -0.1) is 0 Å². The summed E-state index contributed by atoms with van der Waals surface area (Å²) in [5, 5.41) is 15.0. The second kappa shape index (κ2) is 6.51. The van der Waals surface area contributed by atoms with Crippen molar-refractivity contribution in [2.24, 2.45) is 0 Å². The van der Waals surface area contributed by atoms with E-state index in [-0.39, 0.29) is 24.4 Å². The van der Waals surface area contributed by atoms with Gasteiger partial charge in [-0.1, -0.05) is 5.16 Å². The first-order chi connectivity index (χ1) is 9.18. The molecule has 0 aromatic carbocycles. The summed E-state index contributed by atoms with van der Waals surface area (Å²) in [5.74, 6) is -0.855. The van der Waals surface area contributed by atoms with Crippen LogP contribution in [0.2, 0.25) is 0 Å². The van der Waals surface area contributed by atoms with Crippen molar-refractivity contribution in [3.63, 3.8) is 0 Å². The predicted molar refractivity (Wildman–Crippen MR) is 73.4 cm³/mol. The number of carboxylic acid groups (broad SMARTS) is 1. The van der Waals surface area contributed by atoms with Crippen LogP contribution in [0.4, 0.5) is 5.88 Å². The second-order valence-corrected chi connectivity index (χ2v) is 5.62. The highest BCUT2D eigenvalue weighted by Gasteiger charge is 2.24. The van der Waals surface area contributed by atoms with Crippen LogP contribution in [0.25, 0.3) is 0 Å². The van der Waals surface area contributed by atoms with E-state index in [0.29, 0.717) is 18.1 Å². The molecule has 1 aromatic heterocycles. The van der Waals surface area contributed by atoms with Crippen LogP contribution in [0.3, 0.4) is 0 Å². The van der Waals surface area contributed by atoms with Crippen molar-refractivity contribution in [3.8, 4) is 0 Å². The zero-order valence-corrected chi connectivity index (χ0v) is 12.3. The topological polar surface area (TPSA) is 95.7 Å². The quantitative estimate of drug-likeness (QED) is 0.821. The number of aromatic nitrogens is 1. The van der Waals surface area contributed by atoms with Crippen LogP contribution in [-0.4, -0.2) is 45.7 Å². The summed E-state index contributed by atoms with van der Waals surface area (Å²) in [6.45, 7) is 7.95. The molecule has 0 aliphatic heterocycles. The summed E-state index contributed by atoms with van der Waals surface area (Å²) >= 11 is 0. The molecule has 112 valence electrons. The number of hydrogen-bond acceptors (Lipinski definition) is 5. The fourth-order valence-electron chi connectivity index (χ4n) is 1.66. The lowest BCUT2D eigenvalue weighted by atomic mass is 10.1. The molecule has 1 aromatic rings. The highest BCUT2D eigenvalue weighted by molar-refractivity contribution is 5.91. The maximum Gasteiger partial charge on any atom is 0.304 e. The first kappa shape index (κ1) is 16.2. The summed E-state index contributed by atoms with van der Waals surface area (Å²) in [5.41, 5.74) is 0.378. The maximum absolute atomic E-state index is 11.9. The Balaban J connectivity index is 2.59. The lowest BCUT2D eigenvalue weighted by Gasteiger charge is -2.34. The van der Waals surface area contributed by atoms with Gasteiger partial charge in [-0.2, -0.15) is 0 Å². The third-order valence-corrected chi connectivity index (χ3v) is 2.77. The van der Waals surface area contributed by atoms with E-state index in [1.165, 1.54) is 0 Å². The van der Waals surface area contributed by atoms with Gasteiger partial charge in [0.25, 0.3) is 0 Å². The van der Waals surface area contributed by atoms with Crippen molar-refractivity contribution < 1.29 is 19.2 Å². The van der Waals surface area contributed by atoms with E-state index in [4.69, 9.17) is 9.63 Å². The molecular weight excluding hydrogens is 262 g/mol. The third kappa shape index (κ3) is 5.40. The second-order valence-electron chi connectivity index (χ2n) is 5.62. The van der Waals surface area contributed by atoms with E-state index in [1.54, 1.807) is 17.9 Å². The van der Waals surface area contributed by atoms with Gasteiger partial charge in [0.05, 0.1) is 18.7 Å². The predicted octanol–water partition coefficient (Wildman–Crippen LogP) is 1.50. The molecule has 0 fully saturated rings. The number of carboxylic acids is 1. The summed E-state index contributed by atoms with van der Waals surface area (Å²) in [6, 6.07) is 1.62. The molecule has 7 heteroatoms. The van der Waals surface area contributed by atoms with Crippen molar-refractivity contribution >= 4 is 17.8 Å². The van der Waals surface area contributed by atoms with Crippen LogP contribution in [0.1, 0.15) is 32.9 Å². The van der Waals surface area contributed by atoms with Gasteiger partial charge in [-0.05, 0) is 27.7 Å². The first-order valence-electron chi connectivity index (χ1n) is 6.38. The van der Waals surface area contributed by atoms with E-state index >= 15 is 0 Å². The number of anilines is 1. The van der Waals surface area contributed by atoms with Crippen molar-refractivity contribution in [3.05, 3.63) is 11.8 Å². The van der Waals surface area contributed by atoms with Crippen molar-refractivity contribution in [2.75, 3.05) is 18.4 Å². The zero-order chi connectivity index (χ0) is 15.3. The molecule has 20 heavy (non-hydrogen) atoms. The number of carbonyl (C=O) groups excluding carboxylic acids is 1. The number of aliphatic carboxylic acids is 1. The van der Waals surface area contributed by atoms with Gasteiger partial charge < -0.3 is 9.63 Å². The smallest absolute Gasteiger partial charge is 0.304 e. The summed E-state index contributed by atoms with van der Waals surface area (Å²) in [7, 11) is 0. The molecule has 1 amide bonds. The molecule has 0 unspecified atom stereocenters. The normalized spacial score (nSPS) is 11.7. The number of nitrogens with one attached hydrogen (secondary N) is 1. The van der Waals surface area contributed by atoms with Gasteiger partial charge in [0.2, 0.25) is 11.8 Å². The van der Waals surface area contributed by atoms with Crippen LogP contribution < -0.4 is 5.32 Å². The highest BCUT2D eigenvalue weighted by Crippen LogP contribution is 2.14. The van der Waals surface area contributed by atoms with E-state index in [2.05, 4.69) is 10.5 Å². The minimum absolute atomic E-state index is 0.00797. The van der Waals surface area contributed by atoms with Gasteiger partial charge in [-0.25, -0.2) is 0 Å². The van der Waals surface area contributed by atoms with E-state index in [9.17, 15) is 9.59 Å². The molecule has 0 aliphatic rings. The molecule has 0 saturated carbocycles. The lowest BCUT2D eigenvalue weighted by Crippen LogP contribution is -2.46. The Kier molecular flexibility index (Phi) is 5.26. The van der Waals surface area contributed by atoms with Gasteiger partial charge in [0.1, 0.15) is 0 Å². The third-order valence-electron chi connectivity index (χ3n) is 2.77. The minimum Gasteiger partial charge on any atom is -0.481 e. The van der Waals surface area contributed by atoms with E-state index < -0.39 is 5.97 Å². The summed E-state index contributed by atoms with van der Waals surface area (Å²) in [4.78, 5) is 24.4. The van der Waals surface area contributed by atoms with Crippen LogP contribution in [0.15, 0.2) is 10.6 Å². The molecule has 2 N–H and O–H groups in total. The Hall–Kier alpha value is -1.89. The van der Waals surface area contributed by atoms with Crippen molar-refractivity contribution in [2.45, 2.75) is 39.7 Å². The molecule has 0 spiro atoms. The summed E-state index contributed by atoms with van der Waals surface area (Å²) < 4.78 is 4.91. The molecule has 1 heterocycles. The molecule has 0 aliphatic carbocycles. The van der Waals surface area contributed by atoms with Crippen molar-refractivity contribution in [1.82, 2.24) is 10.1 Å².